The SMILES string of the molecule is COc1cccc(-n2nnc(C(=O)NCc3ccncc3)c2-c2ccncc2)c1. The van der Waals surface area contributed by atoms with Crippen LogP contribution >= 0.6 is 0 Å². The first-order valence-corrected chi connectivity index (χ1v) is 8.94. The van der Waals surface area contributed by atoms with Crippen molar-refractivity contribution < 1.29 is 9.53 Å². The summed E-state index contributed by atoms with van der Waals surface area (Å²) in [6.07, 6.45) is 6.69. The van der Waals surface area contributed by atoms with Crippen molar-refractivity contribution >= 4 is 5.91 Å². The molecule has 144 valence electrons. The van der Waals surface area contributed by atoms with Crippen LogP contribution < -0.4 is 10.1 Å². The van der Waals surface area contributed by atoms with Crippen LogP contribution in [0.1, 0.15) is 16.1 Å². The minimum atomic E-state index is -0.317. The number of benzene rings is 1. The van der Waals surface area contributed by atoms with E-state index < -0.39 is 0 Å². The summed E-state index contributed by atoms with van der Waals surface area (Å²) < 4.78 is 6.93. The van der Waals surface area contributed by atoms with Crippen molar-refractivity contribution in [1.82, 2.24) is 30.3 Å². The summed E-state index contributed by atoms with van der Waals surface area (Å²) >= 11 is 0. The second-order valence-electron chi connectivity index (χ2n) is 6.17. The van der Waals surface area contributed by atoms with Crippen LogP contribution in [0.15, 0.2) is 73.3 Å². The van der Waals surface area contributed by atoms with E-state index in [-0.39, 0.29) is 11.6 Å². The largest absolute Gasteiger partial charge is 0.497 e. The molecule has 0 fully saturated rings. The molecule has 0 aliphatic rings. The summed E-state index contributed by atoms with van der Waals surface area (Å²) in [7, 11) is 1.60. The lowest BCUT2D eigenvalue weighted by atomic mass is 10.1. The lowest BCUT2D eigenvalue weighted by molar-refractivity contribution is 0.0946. The van der Waals surface area contributed by atoms with Gasteiger partial charge in [0.15, 0.2) is 5.69 Å². The van der Waals surface area contributed by atoms with Gasteiger partial charge < -0.3 is 10.1 Å². The molecule has 0 aliphatic heterocycles. The standard InChI is InChI=1S/C21H18N6O2/c1-29-18-4-2-3-17(13-18)27-20(16-7-11-23-12-8-16)19(25-26-27)21(28)24-14-15-5-9-22-10-6-15/h2-13H,14H2,1H3,(H,24,28). The molecule has 8 heteroatoms. The Balaban J connectivity index is 1.72. The molecular formula is C21H18N6O2. The molecule has 1 amide bonds. The van der Waals surface area contributed by atoms with E-state index in [1.165, 1.54) is 0 Å². The number of nitrogens with one attached hydrogen (secondary N) is 1. The molecule has 3 aromatic heterocycles. The molecule has 0 bridgehead atoms. The Morgan fingerprint density at radius 3 is 2.48 bits per heavy atom. The smallest absolute Gasteiger partial charge is 0.274 e. The predicted molar refractivity (Wildman–Crippen MR) is 107 cm³/mol. The van der Waals surface area contributed by atoms with Gasteiger partial charge in [-0.05, 0) is 42.0 Å². The third-order valence-electron chi connectivity index (χ3n) is 4.34. The van der Waals surface area contributed by atoms with Crippen LogP contribution in [-0.4, -0.2) is 38.0 Å². The molecule has 0 aliphatic carbocycles. The Morgan fingerprint density at radius 1 is 1.03 bits per heavy atom. The molecule has 8 nitrogen and oxygen atoms in total. The molecule has 0 saturated heterocycles. The number of ether oxygens (including phenoxy) is 1. The Bertz CT molecular complexity index is 1110. The number of pyridine rings is 2. The fourth-order valence-corrected chi connectivity index (χ4v) is 2.89. The number of aromatic nitrogens is 5. The third kappa shape index (κ3) is 3.96. The van der Waals surface area contributed by atoms with E-state index in [2.05, 4.69) is 25.6 Å². The van der Waals surface area contributed by atoms with Crippen molar-refractivity contribution in [1.29, 1.82) is 0 Å². The quantitative estimate of drug-likeness (QED) is 0.547. The number of nitrogens with zero attached hydrogens (tertiary/aromatic N) is 5. The van der Waals surface area contributed by atoms with Gasteiger partial charge in [-0.3, -0.25) is 14.8 Å². The van der Waals surface area contributed by atoms with Gasteiger partial charge in [0.1, 0.15) is 11.4 Å². The van der Waals surface area contributed by atoms with E-state index >= 15 is 0 Å². The number of amides is 1. The van der Waals surface area contributed by atoms with Gasteiger partial charge in [-0.1, -0.05) is 11.3 Å². The average Bonchev–Trinajstić information content (AvgIpc) is 3.24. The number of rotatable bonds is 6. The van der Waals surface area contributed by atoms with E-state index in [9.17, 15) is 4.79 Å². The molecule has 3 heterocycles. The van der Waals surface area contributed by atoms with Crippen LogP contribution in [0.3, 0.4) is 0 Å². The van der Waals surface area contributed by atoms with Gasteiger partial charge in [0.2, 0.25) is 0 Å². The first kappa shape index (κ1) is 18.3. The highest BCUT2D eigenvalue weighted by molar-refractivity contribution is 5.98. The van der Waals surface area contributed by atoms with Gasteiger partial charge >= 0.3 is 0 Å². The van der Waals surface area contributed by atoms with Crippen molar-refractivity contribution in [2.45, 2.75) is 6.54 Å². The Hall–Kier alpha value is -4.07. The topological polar surface area (TPSA) is 94.8 Å². The van der Waals surface area contributed by atoms with Crippen LogP contribution in [-0.2, 0) is 6.54 Å². The van der Waals surface area contributed by atoms with Crippen LogP contribution in [0.25, 0.3) is 16.9 Å². The van der Waals surface area contributed by atoms with Crippen molar-refractivity contribution in [2.75, 3.05) is 7.11 Å². The average molecular weight is 386 g/mol. The van der Waals surface area contributed by atoms with E-state index in [0.29, 0.717) is 18.0 Å². The Kier molecular flexibility index (Phi) is 5.24. The van der Waals surface area contributed by atoms with E-state index in [4.69, 9.17) is 4.74 Å². The molecule has 0 saturated carbocycles. The summed E-state index contributed by atoms with van der Waals surface area (Å²) in [5.41, 5.74) is 3.26. The maximum atomic E-state index is 12.9. The zero-order valence-corrected chi connectivity index (χ0v) is 15.7. The minimum Gasteiger partial charge on any atom is -0.497 e. The van der Waals surface area contributed by atoms with Gasteiger partial charge in [0, 0.05) is 43.0 Å². The third-order valence-corrected chi connectivity index (χ3v) is 4.34. The highest BCUT2D eigenvalue weighted by Gasteiger charge is 2.22. The van der Waals surface area contributed by atoms with Crippen LogP contribution in [0.5, 0.6) is 5.75 Å². The number of carbonyl (C=O) groups is 1. The number of carbonyl (C=O) groups excluding carboxylic acids is 1. The van der Waals surface area contributed by atoms with Crippen LogP contribution in [0.4, 0.5) is 0 Å². The van der Waals surface area contributed by atoms with Gasteiger partial charge in [0.05, 0.1) is 12.8 Å². The molecular weight excluding hydrogens is 368 g/mol. The van der Waals surface area contributed by atoms with Crippen molar-refractivity contribution in [3.63, 3.8) is 0 Å². The normalized spacial score (nSPS) is 10.5. The summed E-state index contributed by atoms with van der Waals surface area (Å²) in [6, 6.07) is 14.7. The zero-order valence-electron chi connectivity index (χ0n) is 15.7. The molecule has 1 N–H and O–H groups in total. The van der Waals surface area contributed by atoms with Crippen molar-refractivity contribution in [3.8, 4) is 22.7 Å². The highest BCUT2D eigenvalue weighted by Crippen LogP contribution is 2.26. The monoisotopic (exact) mass is 386 g/mol. The molecule has 0 atom stereocenters. The fraction of sp³-hybridized carbons (Fsp3) is 0.0952. The Labute approximate surface area is 167 Å². The van der Waals surface area contributed by atoms with Gasteiger partial charge in [-0.25, -0.2) is 4.68 Å². The first-order valence-electron chi connectivity index (χ1n) is 8.94. The Morgan fingerprint density at radius 2 is 1.76 bits per heavy atom. The van der Waals surface area contributed by atoms with Gasteiger partial charge in [-0.15, -0.1) is 5.10 Å². The van der Waals surface area contributed by atoms with E-state index in [0.717, 1.165) is 16.8 Å². The second-order valence-corrected chi connectivity index (χ2v) is 6.17. The minimum absolute atomic E-state index is 0.230. The summed E-state index contributed by atoms with van der Waals surface area (Å²) in [6.45, 7) is 0.364. The second kappa shape index (κ2) is 8.30. The van der Waals surface area contributed by atoms with Crippen LogP contribution in [0.2, 0.25) is 0 Å². The van der Waals surface area contributed by atoms with Gasteiger partial charge in [-0.2, -0.15) is 0 Å². The molecule has 0 spiro atoms. The fourth-order valence-electron chi connectivity index (χ4n) is 2.89. The molecule has 1 aromatic carbocycles. The van der Waals surface area contributed by atoms with Crippen LogP contribution in [0, 0.1) is 0 Å². The van der Waals surface area contributed by atoms with Crippen molar-refractivity contribution in [3.05, 3.63) is 84.6 Å². The summed E-state index contributed by atoms with van der Waals surface area (Å²) in [4.78, 5) is 20.9. The zero-order chi connectivity index (χ0) is 20.1. The summed E-state index contributed by atoms with van der Waals surface area (Å²) in [5, 5.41) is 11.3. The lowest BCUT2D eigenvalue weighted by Gasteiger charge is -2.10. The number of hydrogen-bond acceptors (Lipinski definition) is 6. The van der Waals surface area contributed by atoms with E-state index in [1.807, 2.05) is 48.5 Å². The number of methoxy groups -OCH3 is 1. The molecule has 0 unspecified atom stereocenters. The maximum Gasteiger partial charge on any atom is 0.274 e. The summed E-state index contributed by atoms with van der Waals surface area (Å²) in [5.74, 6) is 0.366. The van der Waals surface area contributed by atoms with Gasteiger partial charge in [0.25, 0.3) is 5.91 Å². The van der Waals surface area contributed by atoms with Crippen molar-refractivity contribution in [2.24, 2.45) is 0 Å². The lowest BCUT2D eigenvalue weighted by Crippen LogP contribution is -2.24. The maximum absolute atomic E-state index is 12.9. The number of hydrogen-bond donors (Lipinski definition) is 1. The molecule has 4 rings (SSSR count). The molecule has 4 aromatic rings. The predicted octanol–water partition coefficient (Wildman–Crippen LogP) is 2.66. The molecule has 0 radical (unpaired) electrons. The van der Waals surface area contributed by atoms with E-state index in [1.54, 1.807) is 36.6 Å². The molecule has 29 heavy (non-hydrogen) atoms. The highest BCUT2D eigenvalue weighted by atomic mass is 16.5. The first-order chi connectivity index (χ1) is 14.3.